The second-order valence-electron chi connectivity index (χ2n) is 5.06. The number of hydrogen-bond acceptors (Lipinski definition) is 3. The predicted octanol–water partition coefficient (Wildman–Crippen LogP) is 3.99. The molecule has 0 aliphatic rings. The van der Waals surface area contributed by atoms with Crippen molar-refractivity contribution >= 4 is 39.9 Å². The number of fused-ring (bicyclic) bond motifs is 1. The van der Waals surface area contributed by atoms with Gasteiger partial charge in [-0.25, -0.2) is 9.78 Å². The molecule has 1 heterocycles. The minimum atomic E-state index is -0.578. The molecule has 116 valence electrons. The van der Waals surface area contributed by atoms with Gasteiger partial charge in [-0.3, -0.25) is 0 Å². The molecule has 5 nitrogen and oxygen atoms in total. The molecule has 23 heavy (non-hydrogen) atoms. The van der Waals surface area contributed by atoms with Gasteiger partial charge in [0.05, 0.1) is 0 Å². The summed E-state index contributed by atoms with van der Waals surface area (Å²) in [5.74, 6) is 0.716. The average Bonchev–Trinajstić information content (AvgIpc) is 2.54. The van der Waals surface area contributed by atoms with Gasteiger partial charge < -0.3 is 16.4 Å². The number of carbonyl (C=O) groups excluding carboxylic acids is 1. The summed E-state index contributed by atoms with van der Waals surface area (Å²) in [6, 6.07) is 16.6. The van der Waals surface area contributed by atoms with E-state index in [2.05, 4.69) is 15.6 Å². The number of hydrogen-bond donors (Lipinski definition) is 3. The summed E-state index contributed by atoms with van der Waals surface area (Å²) in [5.41, 5.74) is 6.78. The van der Waals surface area contributed by atoms with E-state index in [1.807, 2.05) is 42.5 Å². The van der Waals surface area contributed by atoms with E-state index in [4.69, 9.17) is 17.3 Å². The maximum Gasteiger partial charge on any atom is 0.316 e. The minimum Gasteiger partial charge on any atom is -0.366 e. The summed E-state index contributed by atoms with van der Waals surface area (Å²) in [6.07, 6.45) is 0. The van der Waals surface area contributed by atoms with Crippen LogP contribution in [0.2, 0.25) is 5.15 Å². The van der Waals surface area contributed by atoms with E-state index < -0.39 is 6.03 Å². The van der Waals surface area contributed by atoms with Gasteiger partial charge in [-0.2, -0.15) is 0 Å². The number of nitrogens with one attached hydrogen (secondary N) is 2. The molecule has 6 heteroatoms. The number of urea groups is 1. The van der Waals surface area contributed by atoms with Crippen molar-refractivity contribution in [1.29, 1.82) is 0 Å². The fourth-order valence-corrected chi connectivity index (χ4v) is 2.55. The van der Waals surface area contributed by atoms with Crippen LogP contribution in [0.1, 0.15) is 5.56 Å². The first-order valence-electron chi connectivity index (χ1n) is 7.06. The maximum atomic E-state index is 10.8. The lowest BCUT2D eigenvalue weighted by Crippen LogP contribution is -2.19. The number of amides is 2. The number of anilines is 2. The summed E-state index contributed by atoms with van der Waals surface area (Å²) >= 11 is 6.21. The Morgan fingerprint density at radius 3 is 2.61 bits per heavy atom. The number of halogens is 1. The molecule has 0 aliphatic heterocycles. The highest BCUT2D eigenvalue weighted by Crippen LogP contribution is 2.24. The zero-order valence-electron chi connectivity index (χ0n) is 12.2. The summed E-state index contributed by atoms with van der Waals surface area (Å²) in [4.78, 5) is 15.1. The molecule has 0 aliphatic carbocycles. The number of pyridine rings is 1. The monoisotopic (exact) mass is 326 g/mol. The normalized spacial score (nSPS) is 10.5. The van der Waals surface area contributed by atoms with E-state index in [0.29, 0.717) is 23.2 Å². The van der Waals surface area contributed by atoms with Crippen LogP contribution in [0.15, 0.2) is 54.6 Å². The molecule has 0 saturated carbocycles. The zero-order valence-corrected chi connectivity index (χ0v) is 13.0. The van der Waals surface area contributed by atoms with Crippen LogP contribution in [0.4, 0.5) is 16.3 Å². The van der Waals surface area contributed by atoms with Crippen LogP contribution in [0.5, 0.6) is 0 Å². The van der Waals surface area contributed by atoms with E-state index in [0.717, 1.165) is 16.3 Å². The van der Waals surface area contributed by atoms with Gasteiger partial charge in [0.1, 0.15) is 11.0 Å². The van der Waals surface area contributed by atoms with Crippen LogP contribution in [-0.4, -0.2) is 11.0 Å². The highest BCUT2D eigenvalue weighted by Gasteiger charge is 2.04. The fourth-order valence-electron chi connectivity index (χ4n) is 2.29. The Hall–Kier alpha value is -2.79. The second kappa shape index (κ2) is 6.54. The number of aromatic nitrogens is 1. The third-order valence-electron chi connectivity index (χ3n) is 3.39. The van der Waals surface area contributed by atoms with Crippen molar-refractivity contribution in [2.24, 2.45) is 5.73 Å². The number of benzene rings is 2. The number of carbonyl (C=O) groups is 1. The van der Waals surface area contributed by atoms with Gasteiger partial charge in [0.2, 0.25) is 0 Å². The van der Waals surface area contributed by atoms with E-state index >= 15 is 0 Å². The molecular weight excluding hydrogens is 312 g/mol. The van der Waals surface area contributed by atoms with Crippen molar-refractivity contribution in [2.45, 2.75) is 6.54 Å². The van der Waals surface area contributed by atoms with Crippen LogP contribution < -0.4 is 16.4 Å². The lowest BCUT2D eigenvalue weighted by Gasteiger charge is -2.09. The Kier molecular flexibility index (Phi) is 4.30. The topological polar surface area (TPSA) is 80.0 Å². The molecule has 0 fully saturated rings. The number of rotatable bonds is 4. The third kappa shape index (κ3) is 3.70. The second-order valence-corrected chi connectivity index (χ2v) is 5.42. The van der Waals surface area contributed by atoms with Crippen molar-refractivity contribution in [3.8, 4) is 0 Å². The van der Waals surface area contributed by atoms with Crippen molar-refractivity contribution in [1.82, 2.24) is 4.98 Å². The Labute approximate surface area is 138 Å². The predicted molar refractivity (Wildman–Crippen MR) is 93.7 cm³/mol. The molecule has 0 unspecified atom stereocenters. The van der Waals surface area contributed by atoms with Crippen molar-refractivity contribution in [3.63, 3.8) is 0 Å². The van der Waals surface area contributed by atoms with Gasteiger partial charge in [-0.15, -0.1) is 0 Å². The fraction of sp³-hybridized carbons (Fsp3) is 0.0588. The molecule has 1 aromatic heterocycles. The summed E-state index contributed by atoms with van der Waals surface area (Å²) in [7, 11) is 0. The van der Waals surface area contributed by atoms with Gasteiger partial charge >= 0.3 is 6.03 Å². The average molecular weight is 327 g/mol. The van der Waals surface area contributed by atoms with Crippen molar-refractivity contribution in [3.05, 3.63) is 65.3 Å². The Morgan fingerprint density at radius 1 is 1.13 bits per heavy atom. The Bertz CT molecular complexity index is 849. The standard InChI is InChI=1S/C17H15ClN4O/c18-16-14-4-2-1-3-12(14)9-15(22-16)20-10-11-5-7-13(8-6-11)21-17(19)23/h1-9H,10H2,(H,20,22)(H3,19,21,23). The number of nitrogens with zero attached hydrogens (tertiary/aromatic N) is 1. The van der Waals surface area contributed by atoms with Gasteiger partial charge in [-0.1, -0.05) is 48.0 Å². The van der Waals surface area contributed by atoms with E-state index in [-0.39, 0.29) is 0 Å². The smallest absolute Gasteiger partial charge is 0.316 e. The van der Waals surface area contributed by atoms with Crippen LogP contribution in [0, 0.1) is 0 Å². The molecule has 0 atom stereocenters. The van der Waals surface area contributed by atoms with Crippen LogP contribution in [0.3, 0.4) is 0 Å². The molecule has 0 saturated heterocycles. The first-order valence-corrected chi connectivity index (χ1v) is 7.44. The van der Waals surface area contributed by atoms with Crippen LogP contribution in [0.25, 0.3) is 10.8 Å². The van der Waals surface area contributed by atoms with Gasteiger partial charge in [0, 0.05) is 17.6 Å². The SMILES string of the molecule is NC(=O)Nc1ccc(CNc2cc3ccccc3c(Cl)n2)cc1. The lowest BCUT2D eigenvalue weighted by molar-refractivity contribution is 0.259. The molecule has 0 radical (unpaired) electrons. The molecule has 2 amide bonds. The number of primary amides is 1. The largest absolute Gasteiger partial charge is 0.366 e. The highest BCUT2D eigenvalue weighted by atomic mass is 35.5. The highest BCUT2D eigenvalue weighted by molar-refractivity contribution is 6.34. The Morgan fingerprint density at radius 2 is 1.87 bits per heavy atom. The van der Waals surface area contributed by atoms with E-state index in [9.17, 15) is 4.79 Å². The van der Waals surface area contributed by atoms with E-state index in [1.54, 1.807) is 12.1 Å². The zero-order chi connectivity index (χ0) is 16.2. The quantitative estimate of drug-likeness (QED) is 0.634. The van der Waals surface area contributed by atoms with Crippen molar-refractivity contribution in [2.75, 3.05) is 10.6 Å². The van der Waals surface area contributed by atoms with Gasteiger partial charge in [0.25, 0.3) is 0 Å². The van der Waals surface area contributed by atoms with Gasteiger partial charge in [-0.05, 0) is 29.1 Å². The number of nitrogens with two attached hydrogens (primary N) is 1. The summed E-state index contributed by atoms with van der Waals surface area (Å²) in [6.45, 7) is 0.596. The van der Waals surface area contributed by atoms with Crippen LogP contribution in [-0.2, 0) is 6.54 Å². The molecule has 2 aromatic carbocycles. The van der Waals surface area contributed by atoms with Crippen LogP contribution >= 0.6 is 11.6 Å². The molecule has 4 N–H and O–H groups in total. The first-order chi connectivity index (χ1) is 11.1. The molecule has 0 spiro atoms. The summed E-state index contributed by atoms with van der Waals surface area (Å²) in [5, 5.41) is 8.22. The molecular formula is C17H15ClN4O. The molecule has 0 bridgehead atoms. The first kappa shape index (κ1) is 15.1. The lowest BCUT2D eigenvalue weighted by atomic mass is 10.1. The summed E-state index contributed by atoms with van der Waals surface area (Å²) < 4.78 is 0. The molecule has 3 rings (SSSR count). The van der Waals surface area contributed by atoms with E-state index in [1.165, 1.54) is 0 Å². The van der Waals surface area contributed by atoms with Gasteiger partial charge in [0.15, 0.2) is 0 Å². The third-order valence-corrected chi connectivity index (χ3v) is 3.68. The minimum absolute atomic E-state index is 0.478. The molecule has 3 aromatic rings. The maximum absolute atomic E-state index is 10.8. The Balaban J connectivity index is 1.72. The van der Waals surface area contributed by atoms with Crippen molar-refractivity contribution < 1.29 is 4.79 Å².